The second-order valence-electron chi connectivity index (χ2n) is 7.85. The van der Waals surface area contributed by atoms with E-state index in [1.54, 1.807) is 11.0 Å². The standard InChI is InChI=1S/C20H25FN4O3/c21-20(6-8-22-9-7-20)12-23-10-13-2-1-3-14-15(13)11-25(19(14)28)16-4-5-17(26)24-18(16)27/h1-3,16,22-23H,4-12H2,(H,24,26,27). The fourth-order valence-electron chi connectivity index (χ4n) is 4.29. The number of piperidine rings is 2. The van der Waals surface area contributed by atoms with Crippen LogP contribution in [0.5, 0.6) is 0 Å². The highest BCUT2D eigenvalue weighted by atomic mass is 19.1. The molecule has 0 radical (unpaired) electrons. The molecule has 0 spiro atoms. The van der Waals surface area contributed by atoms with Crippen LogP contribution in [0.2, 0.25) is 0 Å². The highest BCUT2D eigenvalue weighted by molar-refractivity contribution is 6.05. The third kappa shape index (κ3) is 3.66. The van der Waals surface area contributed by atoms with Crippen LogP contribution in [0.25, 0.3) is 0 Å². The van der Waals surface area contributed by atoms with Gasteiger partial charge in [0, 0.05) is 31.6 Å². The van der Waals surface area contributed by atoms with E-state index in [4.69, 9.17) is 0 Å². The van der Waals surface area contributed by atoms with Crippen molar-refractivity contribution >= 4 is 17.7 Å². The Labute approximate surface area is 163 Å². The number of alkyl halides is 1. The molecule has 8 heteroatoms. The minimum atomic E-state index is -1.20. The number of halogens is 1. The summed E-state index contributed by atoms with van der Waals surface area (Å²) in [5, 5.41) is 8.69. The summed E-state index contributed by atoms with van der Waals surface area (Å²) in [6, 6.07) is 4.89. The lowest BCUT2D eigenvalue weighted by atomic mass is 9.94. The first-order valence-electron chi connectivity index (χ1n) is 9.83. The summed E-state index contributed by atoms with van der Waals surface area (Å²) < 4.78 is 14.8. The van der Waals surface area contributed by atoms with Crippen molar-refractivity contribution in [2.24, 2.45) is 0 Å². The Morgan fingerprint density at radius 2 is 2.00 bits per heavy atom. The average Bonchev–Trinajstić information content (AvgIpc) is 3.00. The monoisotopic (exact) mass is 388 g/mol. The van der Waals surface area contributed by atoms with Gasteiger partial charge in [0.15, 0.2) is 0 Å². The van der Waals surface area contributed by atoms with Crippen molar-refractivity contribution in [1.29, 1.82) is 0 Å². The van der Waals surface area contributed by atoms with Crippen LogP contribution in [0.4, 0.5) is 4.39 Å². The quantitative estimate of drug-likeness (QED) is 0.644. The number of nitrogens with zero attached hydrogens (tertiary/aromatic N) is 1. The number of carbonyl (C=O) groups is 3. The molecule has 3 aliphatic rings. The van der Waals surface area contributed by atoms with Gasteiger partial charge in [-0.25, -0.2) is 4.39 Å². The van der Waals surface area contributed by atoms with Crippen molar-refractivity contribution < 1.29 is 18.8 Å². The van der Waals surface area contributed by atoms with E-state index < -0.39 is 17.6 Å². The van der Waals surface area contributed by atoms with Crippen LogP contribution in [0, 0.1) is 0 Å². The van der Waals surface area contributed by atoms with Gasteiger partial charge >= 0.3 is 0 Å². The SMILES string of the molecule is O=C1CCC(N2Cc3c(CNCC4(F)CCNCC4)cccc3C2=O)C(=O)N1. The number of carbonyl (C=O) groups excluding carboxylic acids is 3. The van der Waals surface area contributed by atoms with Crippen molar-refractivity contribution in [2.45, 2.75) is 50.5 Å². The van der Waals surface area contributed by atoms with Gasteiger partial charge in [0.05, 0.1) is 0 Å². The van der Waals surface area contributed by atoms with E-state index in [1.165, 1.54) is 0 Å². The van der Waals surface area contributed by atoms with Gasteiger partial charge in [0.25, 0.3) is 5.91 Å². The Bertz CT molecular complexity index is 807. The Kier molecular flexibility index (Phi) is 5.16. The summed E-state index contributed by atoms with van der Waals surface area (Å²) in [5.41, 5.74) is 1.21. The molecule has 1 atom stereocenters. The van der Waals surface area contributed by atoms with Crippen molar-refractivity contribution in [2.75, 3.05) is 19.6 Å². The number of imide groups is 1. The van der Waals surface area contributed by atoms with Crippen molar-refractivity contribution in [1.82, 2.24) is 20.9 Å². The molecular weight excluding hydrogens is 363 g/mol. The summed E-state index contributed by atoms with van der Waals surface area (Å²) >= 11 is 0. The maximum Gasteiger partial charge on any atom is 0.255 e. The molecule has 3 heterocycles. The van der Waals surface area contributed by atoms with E-state index in [-0.39, 0.29) is 24.8 Å². The molecule has 2 fully saturated rings. The third-order valence-corrected chi connectivity index (χ3v) is 5.94. The number of fused-ring (bicyclic) bond motifs is 1. The minimum absolute atomic E-state index is 0.188. The van der Waals surface area contributed by atoms with E-state index in [9.17, 15) is 18.8 Å². The fraction of sp³-hybridized carbons (Fsp3) is 0.550. The topological polar surface area (TPSA) is 90.5 Å². The zero-order valence-corrected chi connectivity index (χ0v) is 15.7. The van der Waals surface area contributed by atoms with Gasteiger partial charge in [0.1, 0.15) is 11.7 Å². The highest BCUT2D eigenvalue weighted by Gasteiger charge is 2.39. The second-order valence-corrected chi connectivity index (χ2v) is 7.85. The number of benzene rings is 1. The number of hydrogen-bond donors (Lipinski definition) is 3. The predicted molar refractivity (Wildman–Crippen MR) is 100 cm³/mol. The molecule has 28 heavy (non-hydrogen) atoms. The van der Waals surface area contributed by atoms with Crippen molar-refractivity contribution in [3.63, 3.8) is 0 Å². The number of amides is 3. The van der Waals surface area contributed by atoms with E-state index >= 15 is 0 Å². The molecular formula is C20H25FN4O3. The average molecular weight is 388 g/mol. The predicted octanol–water partition coefficient (Wildman–Crippen LogP) is 0.629. The van der Waals surface area contributed by atoms with Gasteiger partial charge in [-0.1, -0.05) is 12.1 Å². The van der Waals surface area contributed by atoms with Crippen LogP contribution in [0.15, 0.2) is 18.2 Å². The lowest BCUT2D eigenvalue weighted by Gasteiger charge is -2.30. The Morgan fingerprint density at radius 1 is 1.21 bits per heavy atom. The maximum absolute atomic E-state index is 14.8. The molecule has 1 unspecified atom stereocenters. The highest BCUT2D eigenvalue weighted by Crippen LogP contribution is 2.30. The normalized spacial score (nSPS) is 24.2. The number of hydrogen-bond acceptors (Lipinski definition) is 5. The van der Waals surface area contributed by atoms with Crippen LogP contribution in [0.3, 0.4) is 0 Å². The zero-order valence-electron chi connectivity index (χ0n) is 15.7. The molecule has 150 valence electrons. The molecule has 2 saturated heterocycles. The van der Waals surface area contributed by atoms with Crippen molar-refractivity contribution in [3.05, 3.63) is 34.9 Å². The smallest absolute Gasteiger partial charge is 0.255 e. The lowest BCUT2D eigenvalue weighted by molar-refractivity contribution is -0.136. The first-order valence-corrected chi connectivity index (χ1v) is 9.83. The summed E-state index contributed by atoms with van der Waals surface area (Å²) in [6.07, 6.45) is 1.57. The first-order chi connectivity index (χ1) is 13.5. The van der Waals surface area contributed by atoms with E-state index in [1.807, 2.05) is 12.1 Å². The van der Waals surface area contributed by atoms with Crippen LogP contribution >= 0.6 is 0 Å². The largest absolute Gasteiger partial charge is 0.322 e. The molecule has 7 nitrogen and oxygen atoms in total. The summed E-state index contributed by atoms with van der Waals surface area (Å²) in [4.78, 5) is 37.9. The molecule has 0 saturated carbocycles. The summed E-state index contributed by atoms with van der Waals surface area (Å²) in [7, 11) is 0. The first kappa shape index (κ1) is 19.0. The molecule has 3 N–H and O–H groups in total. The molecule has 1 aromatic carbocycles. The minimum Gasteiger partial charge on any atom is -0.322 e. The molecule has 4 rings (SSSR count). The third-order valence-electron chi connectivity index (χ3n) is 5.94. The lowest BCUT2D eigenvalue weighted by Crippen LogP contribution is -2.52. The van der Waals surface area contributed by atoms with E-state index in [0.29, 0.717) is 51.0 Å². The molecule has 0 aliphatic carbocycles. The second kappa shape index (κ2) is 7.60. The van der Waals surface area contributed by atoms with Crippen LogP contribution in [-0.2, 0) is 22.7 Å². The van der Waals surface area contributed by atoms with E-state index in [0.717, 1.165) is 11.1 Å². The van der Waals surface area contributed by atoms with Crippen LogP contribution < -0.4 is 16.0 Å². The van der Waals surface area contributed by atoms with Gasteiger partial charge in [-0.05, 0) is 49.5 Å². The van der Waals surface area contributed by atoms with Gasteiger partial charge in [0.2, 0.25) is 11.8 Å². The molecule has 0 bridgehead atoms. The molecule has 1 aromatic rings. The zero-order chi connectivity index (χ0) is 19.7. The summed E-state index contributed by atoms with van der Waals surface area (Å²) in [6.45, 7) is 2.47. The van der Waals surface area contributed by atoms with Gasteiger partial charge < -0.3 is 15.5 Å². The molecule has 3 aliphatic heterocycles. The number of nitrogens with one attached hydrogen (secondary N) is 3. The molecule has 3 amide bonds. The van der Waals surface area contributed by atoms with Crippen LogP contribution in [0.1, 0.15) is 47.2 Å². The molecule has 0 aromatic heterocycles. The van der Waals surface area contributed by atoms with Gasteiger partial charge in [-0.2, -0.15) is 0 Å². The van der Waals surface area contributed by atoms with Crippen molar-refractivity contribution in [3.8, 4) is 0 Å². The fourth-order valence-corrected chi connectivity index (χ4v) is 4.29. The number of rotatable bonds is 5. The Balaban J connectivity index is 1.44. The van der Waals surface area contributed by atoms with Crippen LogP contribution in [-0.4, -0.2) is 54.0 Å². The summed E-state index contributed by atoms with van der Waals surface area (Å²) in [5.74, 6) is -0.901. The van der Waals surface area contributed by atoms with Gasteiger partial charge in [-0.3, -0.25) is 19.7 Å². The van der Waals surface area contributed by atoms with Gasteiger partial charge in [-0.15, -0.1) is 0 Å². The van der Waals surface area contributed by atoms with E-state index in [2.05, 4.69) is 16.0 Å². The Hall–Kier alpha value is -2.32. The Morgan fingerprint density at radius 3 is 2.75 bits per heavy atom. The maximum atomic E-state index is 14.8.